The molecule has 104 valence electrons. The van der Waals surface area contributed by atoms with Crippen LogP contribution >= 0.6 is 0 Å². The molecule has 0 aliphatic rings. The molecule has 0 spiro atoms. The van der Waals surface area contributed by atoms with Crippen molar-refractivity contribution in [2.75, 3.05) is 5.32 Å². The number of carbonyl (C=O) groups is 1. The fourth-order valence-corrected chi connectivity index (χ4v) is 1.69. The quantitative estimate of drug-likeness (QED) is 0.683. The number of anilines is 1. The lowest BCUT2D eigenvalue weighted by molar-refractivity contribution is 0.0728. The predicted octanol–water partition coefficient (Wildman–Crippen LogP) is 3.43. The van der Waals surface area contributed by atoms with E-state index in [1.54, 1.807) is 24.3 Å². The Hall–Kier alpha value is -2.36. The van der Waals surface area contributed by atoms with Gasteiger partial charge in [-0.1, -0.05) is 23.8 Å². The number of hydrogen-bond donors (Lipinski definition) is 1. The van der Waals surface area contributed by atoms with E-state index in [9.17, 15) is 4.79 Å². The van der Waals surface area contributed by atoms with Crippen LogP contribution in [0.25, 0.3) is 0 Å². The number of rotatable bonds is 4. The number of ether oxygens (including phenoxy) is 1. The van der Waals surface area contributed by atoms with Crippen molar-refractivity contribution in [1.29, 1.82) is 0 Å². The lowest BCUT2D eigenvalue weighted by Gasteiger charge is -2.10. The van der Waals surface area contributed by atoms with Crippen LogP contribution in [0.5, 0.6) is 5.75 Å². The minimum atomic E-state index is -0.457. The highest BCUT2D eigenvalue weighted by atomic mass is 16.5. The van der Waals surface area contributed by atoms with Gasteiger partial charge in [0.25, 0.3) is 0 Å². The van der Waals surface area contributed by atoms with Crippen molar-refractivity contribution >= 4 is 11.8 Å². The smallest absolute Gasteiger partial charge is 0.362 e. The maximum Gasteiger partial charge on any atom is 0.362 e. The second-order valence-corrected chi connectivity index (χ2v) is 4.91. The average molecular weight is 270 g/mol. The Labute approximate surface area is 118 Å². The first kappa shape index (κ1) is 14.1. The summed E-state index contributed by atoms with van der Waals surface area (Å²) in [6, 6.07) is 12.8. The topological polar surface area (TPSA) is 51.2 Å². The van der Waals surface area contributed by atoms with Gasteiger partial charge in [-0.05, 0) is 45.0 Å². The number of aromatic nitrogens is 1. The molecule has 0 bridgehead atoms. The number of hydrogen-bond acceptors (Lipinski definition) is 4. The minimum Gasteiger partial charge on any atom is -0.422 e. The first-order valence-corrected chi connectivity index (χ1v) is 6.57. The Morgan fingerprint density at radius 3 is 2.50 bits per heavy atom. The Bertz CT molecular complexity index is 592. The van der Waals surface area contributed by atoms with E-state index in [4.69, 9.17) is 4.74 Å². The van der Waals surface area contributed by atoms with Gasteiger partial charge in [0.05, 0.1) is 0 Å². The molecule has 2 rings (SSSR count). The molecule has 1 aromatic carbocycles. The van der Waals surface area contributed by atoms with Crippen LogP contribution in [-0.2, 0) is 0 Å². The summed E-state index contributed by atoms with van der Waals surface area (Å²) >= 11 is 0. The summed E-state index contributed by atoms with van der Waals surface area (Å²) in [5.41, 5.74) is 1.40. The summed E-state index contributed by atoms with van der Waals surface area (Å²) < 4.78 is 5.29. The molecular formula is C16H18N2O2. The largest absolute Gasteiger partial charge is 0.422 e. The Morgan fingerprint density at radius 1 is 1.15 bits per heavy atom. The Kier molecular flexibility index (Phi) is 4.35. The van der Waals surface area contributed by atoms with Gasteiger partial charge in [-0.25, -0.2) is 9.78 Å². The van der Waals surface area contributed by atoms with Crippen LogP contribution in [0.3, 0.4) is 0 Å². The van der Waals surface area contributed by atoms with Crippen LogP contribution in [0.1, 0.15) is 29.9 Å². The molecule has 0 saturated carbocycles. The fraction of sp³-hybridized carbons (Fsp3) is 0.250. The van der Waals surface area contributed by atoms with E-state index >= 15 is 0 Å². The van der Waals surface area contributed by atoms with E-state index in [0.717, 1.165) is 5.56 Å². The van der Waals surface area contributed by atoms with Crippen molar-refractivity contribution in [3.63, 3.8) is 0 Å². The van der Waals surface area contributed by atoms with Gasteiger partial charge in [-0.2, -0.15) is 0 Å². The van der Waals surface area contributed by atoms with Crippen molar-refractivity contribution in [2.45, 2.75) is 26.8 Å². The van der Waals surface area contributed by atoms with Crippen LogP contribution in [-0.4, -0.2) is 17.0 Å². The molecule has 1 aromatic heterocycles. The van der Waals surface area contributed by atoms with Crippen LogP contribution < -0.4 is 10.1 Å². The maximum atomic E-state index is 12.0. The minimum absolute atomic E-state index is 0.255. The third-order valence-corrected chi connectivity index (χ3v) is 2.63. The Morgan fingerprint density at radius 2 is 1.85 bits per heavy atom. The Balaban J connectivity index is 2.10. The monoisotopic (exact) mass is 270 g/mol. The first-order chi connectivity index (χ1) is 9.54. The second kappa shape index (κ2) is 6.19. The number of nitrogens with zero attached hydrogens (tertiary/aromatic N) is 1. The molecule has 1 heterocycles. The third kappa shape index (κ3) is 3.82. The molecule has 0 atom stereocenters. The number of pyridine rings is 1. The fourth-order valence-electron chi connectivity index (χ4n) is 1.69. The summed E-state index contributed by atoms with van der Waals surface area (Å²) in [4.78, 5) is 16.3. The van der Waals surface area contributed by atoms with E-state index in [2.05, 4.69) is 10.3 Å². The summed E-state index contributed by atoms with van der Waals surface area (Å²) in [6.45, 7) is 6.01. The number of aryl methyl sites for hydroxylation is 1. The molecule has 4 heteroatoms. The van der Waals surface area contributed by atoms with Gasteiger partial charge in [0, 0.05) is 6.04 Å². The van der Waals surface area contributed by atoms with Gasteiger partial charge < -0.3 is 10.1 Å². The standard InChI is InChI=1S/C16H18N2O2/c1-11(2)17-15-6-4-5-14(18-15)16(19)20-13-9-7-12(3)8-10-13/h4-11H,1-3H3,(H,17,18). The zero-order valence-electron chi connectivity index (χ0n) is 11.9. The molecule has 1 N–H and O–H groups in total. The molecule has 2 aromatic rings. The van der Waals surface area contributed by atoms with Crippen LogP contribution in [0.2, 0.25) is 0 Å². The summed E-state index contributed by atoms with van der Waals surface area (Å²) in [5, 5.41) is 3.15. The third-order valence-electron chi connectivity index (χ3n) is 2.63. The number of carbonyl (C=O) groups excluding carboxylic acids is 1. The van der Waals surface area contributed by atoms with Gasteiger partial charge in [-0.15, -0.1) is 0 Å². The normalized spacial score (nSPS) is 10.4. The van der Waals surface area contributed by atoms with Crippen molar-refractivity contribution < 1.29 is 9.53 Å². The summed E-state index contributed by atoms with van der Waals surface area (Å²) in [5.74, 6) is 0.726. The highest BCUT2D eigenvalue weighted by Crippen LogP contribution is 2.14. The van der Waals surface area contributed by atoms with Crippen molar-refractivity contribution in [3.8, 4) is 5.75 Å². The van der Waals surface area contributed by atoms with Crippen LogP contribution in [0.4, 0.5) is 5.82 Å². The van der Waals surface area contributed by atoms with E-state index in [-0.39, 0.29) is 11.7 Å². The molecule has 0 saturated heterocycles. The lowest BCUT2D eigenvalue weighted by atomic mass is 10.2. The number of esters is 1. The van der Waals surface area contributed by atoms with E-state index in [1.165, 1.54) is 0 Å². The van der Waals surface area contributed by atoms with Gasteiger partial charge in [0.1, 0.15) is 11.6 Å². The molecule has 4 nitrogen and oxygen atoms in total. The van der Waals surface area contributed by atoms with Crippen molar-refractivity contribution in [2.24, 2.45) is 0 Å². The first-order valence-electron chi connectivity index (χ1n) is 6.57. The SMILES string of the molecule is Cc1ccc(OC(=O)c2cccc(NC(C)C)n2)cc1. The molecule has 0 fully saturated rings. The molecule has 0 unspecified atom stereocenters. The summed E-state index contributed by atoms with van der Waals surface area (Å²) in [7, 11) is 0. The van der Waals surface area contributed by atoms with Crippen LogP contribution in [0.15, 0.2) is 42.5 Å². The zero-order valence-corrected chi connectivity index (χ0v) is 11.9. The average Bonchev–Trinajstić information content (AvgIpc) is 2.41. The zero-order chi connectivity index (χ0) is 14.5. The van der Waals surface area contributed by atoms with E-state index < -0.39 is 5.97 Å². The summed E-state index contributed by atoms with van der Waals surface area (Å²) in [6.07, 6.45) is 0. The van der Waals surface area contributed by atoms with Crippen molar-refractivity contribution in [1.82, 2.24) is 4.98 Å². The maximum absolute atomic E-state index is 12.0. The lowest BCUT2D eigenvalue weighted by Crippen LogP contribution is -2.15. The van der Waals surface area contributed by atoms with Gasteiger partial charge >= 0.3 is 5.97 Å². The van der Waals surface area contributed by atoms with Gasteiger partial charge in [-0.3, -0.25) is 0 Å². The predicted molar refractivity (Wildman–Crippen MR) is 79.1 cm³/mol. The van der Waals surface area contributed by atoms with Gasteiger partial charge in [0.2, 0.25) is 0 Å². The molecule has 20 heavy (non-hydrogen) atoms. The van der Waals surface area contributed by atoms with E-state index in [1.807, 2.05) is 39.0 Å². The molecule has 0 amide bonds. The molecule has 0 radical (unpaired) electrons. The highest BCUT2D eigenvalue weighted by Gasteiger charge is 2.11. The van der Waals surface area contributed by atoms with Crippen LogP contribution in [0, 0.1) is 6.92 Å². The second-order valence-electron chi connectivity index (χ2n) is 4.91. The van der Waals surface area contributed by atoms with E-state index in [0.29, 0.717) is 11.6 Å². The highest BCUT2D eigenvalue weighted by molar-refractivity contribution is 5.89. The van der Waals surface area contributed by atoms with Gasteiger partial charge in [0.15, 0.2) is 5.69 Å². The number of nitrogens with one attached hydrogen (secondary N) is 1. The van der Waals surface area contributed by atoms with Crippen molar-refractivity contribution in [3.05, 3.63) is 53.7 Å². The molecule has 0 aliphatic heterocycles. The molecule has 0 aliphatic carbocycles. The number of benzene rings is 1. The molecular weight excluding hydrogens is 252 g/mol.